The second-order valence-electron chi connectivity index (χ2n) is 6.44. The highest BCUT2D eigenvalue weighted by Crippen LogP contribution is 2.19. The van der Waals surface area contributed by atoms with Gasteiger partial charge in [-0.25, -0.2) is 10.4 Å². The second kappa shape index (κ2) is 7.39. The molecular weight excluding hydrogens is 326 g/mol. The van der Waals surface area contributed by atoms with E-state index in [0.29, 0.717) is 0 Å². The van der Waals surface area contributed by atoms with Crippen molar-refractivity contribution < 1.29 is 4.79 Å². The van der Waals surface area contributed by atoms with Crippen molar-refractivity contribution in [3.8, 4) is 0 Å². The fourth-order valence-corrected chi connectivity index (χ4v) is 3.25. The van der Waals surface area contributed by atoms with Crippen LogP contribution >= 0.6 is 0 Å². The molecule has 2 aromatic carbocycles. The molecule has 1 amide bonds. The van der Waals surface area contributed by atoms with Gasteiger partial charge in [-0.2, -0.15) is 5.10 Å². The third kappa shape index (κ3) is 3.59. The summed E-state index contributed by atoms with van der Waals surface area (Å²) >= 11 is 0. The van der Waals surface area contributed by atoms with Crippen molar-refractivity contribution in [1.82, 2.24) is 15.0 Å². The molecule has 132 valence electrons. The number of aromatic nitrogens is 2. The van der Waals surface area contributed by atoms with Crippen molar-refractivity contribution in [3.05, 3.63) is 60.4 Å². The topological polar surface area (TPSA) is 62.5 Å². The van der Waals surface area contributed by atoms with E-state index < -0.39 is 0 Å². The number of imidazole rings is 1. The molecule has 1 N–H and O–H groups in total. The number of rotatable bonds is 5. The minimum absolute atomic E-state index is 0.182. The molecule has 0 unspecified atom stereocenters. The average molecular weight is 347 g/mol. The Morgan fingerprint density at radius 3 is 2.69 bits per heavy atom. The minimum atomic E-state index is -0.182. The van der Waals surface area contributed by atoms with Gasteiger partial charge in [0.25, 0.3) is 5.91 Å². The molecule has 3 aromatic rings. The fraction of sp³-hybridized carbons (Fsp3) is 0.250. The first kappa shape index (κ1) is 16.3. The van der Waals surface area contributed by atoms with Gasteiger partial charge in [0.15, 0.2) is 0 Å². The summed E-state index contributed by atoms with van der Waals surface area (Å²) in [6, 6.07) is 16.0. The number of carbonyl (C=O) groups is 1. The van der Waals surface area contributed by atoms with E-state index >= 15 is 0 Å². The number of hydrazone groups is 1. The number of amides is 1. The third-order valence-corrected chi connectivity index (χ3v) is 4.61. The van der Waals surface area contributed by atoms with Gasteiger partial charge in [-0.15, -0.1) is 0 Å². The number of hydrogen-bond acceptors (Lipinski definition) is 4. The highest BCUT2D eigenvalue weighted by Gasteiger charge is 2.11. The number of fused-ring (bicyclic) bond motifs is 1. The average Bonchev–Trinajstić information content (AvgIpc) is 3.33. The van der Waals surface area contributed by atoms with E-state index in [2.05, 4.69) is 32.5 Å². The highest BCUT2D eigenvalue weighted by molar-refractivity contribution is 5.84. The van der Waals surface area contributed by atoms with Crippen LogP contribution in [-0.2, 0) is 11.3 Å². The van der Waals surface area contributed by atoms with Crippen molar-refractivity contribution in [2.75, 3.05) is 18.0 Å². The Morgan fingerprint density at radius 2 is 1.88 bits per heavy atom. The lowest BCUT2D eigenvalue weighted by atomic mass is 10.2. The van der Waals surface area contributed by atoms with Crippen LogP contribution in [0.1, 0.15) is 18.4 Å². The first-order valence-electron chi connectivity index (χ1n) is 8.86. The smallest absolute Gasteiger partial charge is 0.260 e. The Morgan fingerprint density at radius 1 is 1.12 bits per heavy atom. The van der Waals surface area contributed by atoms with E-state index in [9.17, 15) is 4.79 Å². The Labute approximate surface area is 152 Å². The molecule has 1 aromatic heterocycles. The van der Waals surface area contributed by atoms with E-state index in [1.54, 1.807) is 12.5 Å². The van der Waals surface area contributed by atoms with E-state index in [0.717, 1.165) is 29.7 Å². The van der Waals surface area contributed by atoms with Gasteiger partial charge < -0.3 is 9.47 Å². The summed E-state index contributed by atoms with van der Waals surface area (Å²) in [5.41, 5.74) is 6.59. The van der Waals surface area contributed by atoms with Crippen LogP contribution in [0.5, 0.6) is 0 Å². The first-order chi connectivity index (χ1) is 12.8. The SMILES string of the molecule is O=C(Cn1cnc2ccccc21)N/N=C/c1ccc(N2CCCC2)cc1. The number of nitrogens with zero attached hydrogens (tertiary/aromatic N) is 4. The zero-order valence-electron chi connectivity index (χ0n) is 14.5. The normalized spacial score (nSPS) is 14.4. The predicted octanol–water partition coefficient (Wildman–Crippen LogP) is 2.79. The molecule has 1 aliphatic heterocycles. The van der Waals surface area contributed by atoms with E-state index in [-0.39, 0.29) is 12.5 Å². The largest absolute Gasteiger partial charge is 0.372 e. The van der Waals surface area contributed by atoms with Gasteiger partial charge in [-0.1, -0.05) is 24.3 Å². The number of benzene rings is 2. The number of para-hydroxylation sites is 2. The lowest BCUT2D eigenvalue weighted by molar-refractivity contribution is -0.121. The van der Waals surface area contributed by atoms with Crippen LogP contribution in [0.3, 0.4) is 0 Å². The molecule has 0 atom stereocenters. The molecule has 26 heavy (non-hydrogen) atoms. The molecule has 0 aliphatic carbocycles. The van der Waals surface area contributed by atoms with E-state index in [1.807, 2.05) is 41.0 Å². The molecule has 0 radical (unpaired) electrons. The zero-order chi connectivity index (χ0) is 17.8. The van der Waals surface area contributed by atoms with Gasteiger partial charge in [0, 0.05) is 18.8 Å². The second-order valence-corrected chi connectivity index (χ2v) is 6.44. The van der Waals surface area contributed by atoms with E-state index in [1.165, 1.54) is 18.5 Å². The Bertz CT molecular complexity index is 923. The molecule has 4 rings (SSSR count). The van der Waals surface area contributed by atoms with Gasteiger partial charge in [-0.3, -0.25) is 4.79 Å². The molecular formula is C20H21N5O. The summed E-state index contributed by atoms with van der Waals surface area (Å²) in [6.07, 6.45) is 5.87. The third-order valence-electron chi connectivity index (χ3n) is 4.61. The van der Waals surface area contributed by atoms with Gasteiger partial charge in [0.05, 0.1) is 23.6 Å². The lowest BCUT2D eigenvalue weighted by Crippen LogP contribution is -2.22. The molecule has 2 heterocycles. The minimum Gasteiger partial charge on any atom is -0.372 e. The molecule has 0 bridgehead atoms. The number of anilines is 1. The van der Waals surface area contributed by atoms with Crippen LogP contribution in [0.4, 0.5) is 5.69 Å². The summed E-state index contributed by atoms with van der Waals surface area (Å²) in [6.45, 7) is 2.45. The molecule has 1 saturated heterocycles. The zero-order valence-corrected chi connectivity index (χ0v) is 14.5. The number of nitrogens with one attached hydrogen (secondary N) is 1. The Kier molecular flexibility index (Phi) is 4.64. The lowest BCUT2D eigenvalue weighted by Gasteiger charge is -2.17. The maximum atomic E-state index is 12.1. The van der Waals surface area contributed by atoms with Gasteiger partial charge in [0.2, 0.25) is 0 Å². The Balaban J connectivity index is 1.33. The summed E-state index contributed by atoms with van der Waals surface area (Å²) in [5, 5.41) is 4.06. The highest BCUT2D eigenvalue weighted by atomic mass is 16.2. The summed E-state index contributed by atoms with van der Waals surface area (Å²) in [4.78, 5) is 18.8. The van der Waals surface area contributed by atoms with Crippen molar-refractivity contribution in [1.29, 1.82) is 0 Å². The van der Waals surface area contributed by atoms with Crippen molar-refractivity contribution >= 4 is 28.8 Å². The van der Waals surface area contributed by atoms with Crippen LogP contribution in [-0.4, -0.2) is 34.8 Å². The first-order valence-corrected chi connectivity index (χ1v) is 8.86. The summed E-state index contributed by atoms with van der Waals surface area (Å²) < 4.78 is 1.81. The van der Waals surface area contributed by atoms with Crippen LogP contribution in [0.2, 0.25) is 0 Å². The van der Waals surface area contributed by atoms with Crippen molar-refractivity contribution in [2.24, 2.45) is 5.10 Å². The van der Waals surface area contributed by atoms with Gasteiger partial charge in [-0.05, 0) is 42.7 Å². The molecule has 0 spiro atoms. The Hall–Kier alpha value is -3.15. The number of hydrogen-bond donors (Lipinski definition) is 1. The standard InChI is InChI=1S/C20H21N5O/c26-20(14-25-15-21-18-5-1-2-6-19(18)25)23-22-13-16-7-9-17(10-8-16)24-11-3-4-12-24/h1-2,5-10,13,15H,3-4,11-12,14H2,(H,23,26)/b22-13+. The molecule has 0 saturated carbocycles. The molecule has 6 nitrogen and oxygen atoms in total. The maximum Gasteiger partial charge on any atom is 0.260 e. The van der Waals surface area contributed by atoms with Crippen LogP contribution in [0.15, 0.2) is 60.0 Å². The predicted molar refractivity (Wildman–Crippen MR) is 103 cm³/mol. The number of carbonyl (C=O) groups excluding carboxylic acids is 1. The molecule has 1 fully saturated rings. The quantitative estimate of drug-likeness (QED) is 0.570. The van der Waals surface area contributed by atoms with Crippen LogP contribution in [0, 0.1) is 0 Å². The van der Waals surface area contributed by atoms with Crippen molar-refractivity contribution in [2.45, 2.75) is 19.4 Å². The summed E-state index contributed by atoms with van der Waals surface area (Å²) in [5.74, 6) is -0.182. The molecule has 6 heteroatoms. The monoisotopic (exact) mass is 347 g/mol. The van der Waals surface area contributed by atoms with Crippen LogP contribution < -0.4 is 10.3 Å². The van der Waals surface area contributed by atoms with E-state index in [4.69, 9.17) is 0 Å². The van der Waals surface area contributed by atoms with Crippen LogP contribution in [0.25, 0.3) is 11.0 Å². The fourth-order valence-electron chi connectivity index (χ4n) is 3.25. The maximum absolute atomic E-state index is 12.1. The van der Waals surface area contributed by atoms with Gasteiger partial charge in [0.1, 0.15) is 6.54 Å². The molecule has 1 aliphatic rings. The van der Waals surface area contributed by atoms with Crippen molar-refractivity contribution in [3.63, 3.8) is 0 Å². The summed E-state index contributed by atoms with van der Waals surface area (Å²) in [7, 11) is 0. The van der Waals surface area contributed by atoms with Gasteiger partial charge >= 0.3 is 0 Å².